The Labute approximate surface area is 120 Å². The first-order chi connectivity index (χ1) is 9.54. The Morgan fingerprint density at radius 2 is 2.25 bits per heavy atom. The van der Waals surface area contributed by atoms with Gasteiger partial charge in [-0.05, 0) is 37.8 Å². The van der Waals surface area contributed by atoms with Crippen LogP contribution in [0.15, 0.2) is 0 Å². The van der Waals surface area contributed by atoms with Crippen molar-refractivity contribution in [1.29, 1.82) is 0 Å². The second kappa shape index (κ2) is 8.92. The first-order valence-electron chi connectivity index (χ1n) is 7.23. The van der Waals surface area contributed by atoms with Crippen LogP contribution >= 0.6 is 0 Å². The van der Waals surface area contributed by atoms with Crippen LogP contribution in [0.2, 0.25) is 0 Å². The number of piperidine rings is 1. The summed E-state index contributed by atoms with van der Waals surface area (Å²) in [6.07, 6.45) is 2.69. The summed E-state index contributed by atoms with van der Waals surface area (Å²) >= 11 is 0. The van der Waals surface area contributed by atoms with E-state index >= 15 is 0 Å². The number of nitrogens with zero attached hydrogens (tertiary/aromatic N) is 1. The van der Waals surface area contributed by atoms with Gasteiger partial charge in [-0.3, -0.25) is 9.59 Å². The lowest BCUT2D eigenvalue weighted by Crippen LogP contribution is -2.40. The fourth-order valence-corrected chi connectivity index (χ4v) is 2.59. The topological polar surface area (TPSA) is 78.9 Å². The molecule has 0 saturated carbocycles. The largest absolute Gasteiger partial charge is 0.480 e. The molecule has 2 unspecified atom stereocenters. The van der Waals surface area contributed by atoms with Gasteiger partial charge in [-0.1, -0.05) is 6.92 Å². The Morgan fingerprint density at radius 3 is 2.80 bits per heavy atom. The van der Waals surface area contributed by atoms with Crippen LogP contribution in [-0.4, -0.2) is 61.8 Å². The van der Waals surface area contributed by atoms with Crippen molar-refractivity contribution in [3.05, 3.63) is 0 Å². The number of methoxy groups -OCH3 is 1. The molecule has 1 rings (SSSR count). The molecule has 0 radical (unpaired) electrons. The van der Waals surface area contributed by atoms with E-state index in [1.807, 2.05) is 0 Å². The molecule has 0 aromatic carbocycles. The van der Waals surface area contributed by atoms with Gasteiger partial charge < -0.3 is 20.1 Å². The molecular formula is C14H26N2O4. The van der Waals surface area contributed by atoms with E-state index in [2.05, 4.69) is 12.2 Å². The van der Waals surface area contributed by atoms with Crippen molar-refractivity contribution < 1.29 is 19.4 Å². The number of carbonyl (C=O) groups is 2. The van der Waals surface area contributed by atoms with Gasteiger partial charge in [0.1, 0.15) is 6.54 Å². The minimum atomic E-state index is -0.985. The lowest BCUT2D eigenvalue weighted by atomic mass is 9.85. The number of hydrogen-bond acceptors (Lipinski definition) is 4. The first kappa shape index (κ1) is 16.9. The SMILES string of the molecule is COCCN(CC(=O)O)C(=O)CC(C)C1CCCNC1. The molecule has 6 nitrogen and oxygen atoms in total. The maximum absolute atomic E-state index is 12.2. The molecule has 6 heteroatoms. The molecule has 1 fully saturated rings. The number of rotatable bonds is 8. The van der Waals surface area contributed by atoms with Crippen molar-refractivity contribution in [3.8, 4) is 0 Å². The lowest BCUT2D eigenvalue weighted by Gasteiger charge is -2.29. The molecule has 1 amide bonds. The highest BCUT2D eigenvalue weighted by Gasteiger charge is 2.25. The Bertz CT molecular complexity index is 316. The molecule has 0 aliphatic carbocycles. The van der Waals surface area contributed by atoms with E-state index in [0.29, 0.717) is 25.5 Å². The van der Waals surface area contributed by atoms with Crippen LogP contribution in [-0.2, 0) is 14.3 Å². The zero-order valence-corrected chi connectivity index (χ0v) is 12.4. The Hall–Kier alpha value is -1.14. The Kier molecular flexibility index (Phi) is 7.54. The van der Waals surface area contributed by atoms with Crippen LogP contribution in [0.3, 0.4) is 0 Å². The molecule has 20 heavy (non-hydrogen) atoms. The number of hydrogen-bond donors (Lipinski definition) is 2. The second-order valence-electron chi connectivity index (χ2n) is 5.49. The Balaban J connectivity index is 2.48. The third-order valence-electron chi connectivity index (χ3n) is 3.88. The number of carbonyl (C=O) groups excluding carboxylic acids is 1. The van der Waals surface area contributed by atoms with E-state index in [1.54, 1.807) is 7.11 Å². The molecule has 1 heterocycles. The molecule has 0 spiro atoms. The molecule has 0 aromatic rings. The van der Waals surface area contributed by atoms with Crippen molar-refractivity contribution in [2.45, 2.75) is 26.2 Å². The van der Waals surface area contributed by atoms with E-state index in [1.165, 1.54) is 4.90 Å². The number of carboxylic acids is 1. The monoisotopic (exact) mass is 286 g/mol. The summed E-state index contributed by atoms with van der Waals surface area (Å²) in [5, 5.41) is 12.2. The summed E-state index contributed by atoms with van der Waals surface area (Å²) in [4.78, 5) is 24.4. The minimum absolute atomic E-state index is 0.0949. The highest BCUT2D eigenvalue weighted by atomic mass is 16.5. The first-order valence-corrected chi connectivity index (χ1v) is 7.23. The van der Waals surface area contributed by atoms with Gasteiger partial charge in [-0.2, -0.15) is 0 Å². The number of amides is 1. The van der Waals surface area contributed by atoms with Gasteiger partial charge in [0.05, 0.1) is 6.61 Å². The number of ether oxygens (including phenoxy) is 1. The van der Waals surface area contributed by atoms with Crippen LogP contribution in [0.4, 0.5) is 0 Å². The Morgan fingerprint density at radius 1 is 1.50 bits per heavy atom. The smallest absolute Gasteiger partial charge is 0.323 e. The van der Waals surface area contributed by atoms with Crippen LogP contribution in [0.5, 0.6) is 0 Å². The lowest BCUT2D eigenvalue weighted by molar-refractivity contribution is -0.145. The maximum atomic E-state index is 12.2. The van der Waals surface area contributed by atoms with E-state index in [4.69, 9.17) is 9.84 Å². The predicted octanol–water partition coefficient (Wildman–Crippen LogP) is 0.572. The summed E-state index contributed by atoms with van der Waals surface area (Å²) in [5.74, 6) is -0.306. The molecule has 1 aliphatic rings. The van der Waals surface area contributed by atoms with E-state index in [-0.39, 0.29) is 18.4 Å². The van der Waals surface area contributed by atoms with E-state index in [9.17, 15) is 9.59 Å². The molecule has 1 saturated heterocycles. The highest BCUT2D eigenvalue weighted by molar-refractivity contribution is 5.81. The summed E-state index contributed by atoms with van der Waals surface area (Å²) in [6.45, 7) is 4.51. The average Bonchev–Trinajstić information content (AvgIpc) is 2.43. The van der Waals surface area contributed by atoms with E-state index in [0.717, 1.165) is 25.9 Å². The van der Waals surface area contributed by atoms with Crippen molar-refractivity contribution >= 4 is 11.9 Å². The zero-order valence-electron chi connectivity index (χ0n) is 12.4. The van der Waals surface area contributed by atoms with Gasteiger partial charge in [-0.15, -0.1) is 0 Å². The number of nitrogens with one attached hydrogen (secondary N) is 1. The molecule has 2 N–H and O–H groups in total. The van der Waals surface area contributed by atoms with Crippen LogP contribution < -0.4 is 5.32 Å². The average molecular weight is 286 g/mol. The number of aliphatic carboxylic acids is 1. The second-order valence-corrected chi connectivity index (χ2v) is 5.49. The van der Waals surface area contributed by atoms with Gasteiger partial charge in [0.25, 0.3) is 0 Å². The quantitative estimate of drug-likeness (QED) is 0.682. The predicted molar refractivity (Wildman–Crippen MR) is 75.5 cm³/mol. The van der Waals surface area contributed by atoms with Gasteiger partial charge in [-0.25, -0.2) is 0 Å². The van der Waals surface area contributed by atoms with E-state index < -0.39 is 5.97 Å². The van der Waals surface area contributed by atoms with Gasteiger partial charge >= 0.3 is 5.97 Å². The third-order valence-corrected chi connectivity index (χ3v) is 3.88. The number of carboxylic acid groups (broad SMARTS) is 1. The summed E-state index contributed by atoms with van der Waals surface area (Å²) in [6, 6.07) is 0. The van der Waals surface area contributed by atoms with Crippen LogP contribution in [0.25, 0.3) is 0 Å². The molecular weight excluding hydrogens is 260 g/mol. The summed E-state index contributed by atoms with van der Waals surface area (Å²) < 4.78 is 4.93. The van der Waals surface area contributed by atoms with Gasteiger partial charge in [0, 0.05) is 20.1 Å². The van der Waals surface area contributed by atoms with Crippen molar-refractivity contribution in [3.63, 3.8) is 0 Å². The molecule has 0 aromatic heterocycles. The van der Waals surface area contributed by atoms with Gasteiger partial charge in [0.2, 0.25) is 5.91 Å². The van der Waals surface area contributed by atoms with Crippen molar-refractivity contribution in [1.82, 2.24) is 10.2 Å². The zero-order chi connectivity index (χ0) is 15.0. The van der Waals surface area contributed by atoms with Crippen LogP contribution in [0, 0.1) is 11.8 Å². The molecule has 2 atom stereocenters. The minimum Gasteiger partial charge on any atom is -0.480 e. The van der Waals surface area contributed by atoms with Gasteiger partial charge in [0.15, 0.2) is 0 Å². The maximum Gasteiger partial charge on any atom is 0.323 e. The molecule has 116 valence electrons. The van der Waals surface area contributed by atoms with Crippen molar-refractivity contribution in [2.75, 3.05) is 39.9 Å². The highest BCUT2D eigenvalue weighted by Crippen LogP contribution is 2.23. The molecule has 0 bridgehead atoms. The fourth-order valence-electron chi connectivity index (χ4n) is 2.59. The standard InChI is InChI=1S/C14H26N2O4/c1-11(12-4-3-5-15-9-12)8-13(17)16(6-7-20-2)10-14(18)19/h11-12,15H,3-10H2,1-2H3,(H,18,19). The summed E-state index contributed by atoms with van der Waals surface area (Å²) in [7, 11) is 1.54. The fraction of sp³-hybridized carbons (Fsp3) is 0.857. The molecule has 1 aliphatic heterocycles. The normalized spacial score (nSPS) is 20.4. The third kappa shape index (κ3) is 5.88. The van der Waals surface area contributed by atoms with Crippen LogP contribution in [0.1, 0.15) is 26.2 Å². The summed E-state index contributed by atoms with van der Waals surface area (Å²) in [5.41, 5.74) is 0. The van der Waals surface area contributed by atoms with Crippen molar-refractivity contribution in [2.24, 2.45) is 11.8 Å².